The molecule has 0 amide bonds. The number of nitrogens with zero attached hydrogens (tertiary/aromatic N) is 2. The minimum atomic E-state index is -0.187. The van der Waals surface area contributed by atoms with E-state index in [1.807, 2.05) is 31.2 Å². The summed E-state index contributed by atoms with van der Waals surface area (Å²) < 4.78 is 2.61. The van der Waals surface area contributed by atoms with Gasteiger partial charge in [0.2, 0.25) is 0 Å². The van der Waals surface area contributed by atoms with Crippen LogP contribution in [0.25, 0.3) is 0 Å². The Morgan fingerprint density at radius 3 is 2.89 bits per heavy atom. The number of halogens is 1. The van der Waals surface area contributed by atoms with E-state index in [1.165, 1.54) is 11.8 Å². The van der Waals surface area contributed by atoms with Crippen LogP contribution in [0.5, 0.6) is 0 Å². The smallest absolute Gasteiger partial charge is 0.329 e. The molecule has 0 spiro atoms. The highest BCUT2D eigenvalue weighted by molar-refractivity contribution is 9.10. The summed E-state index contributed by atoms with van der Waals surface area (Å²) in [5.74, 6) is 0. The van der Waals surface area contributed by atoms with Gasteiger partial charge in [-0.15, -0.1) is 5.10 Å². The van der Waals surface area contributed by atoms with Gasteiger partial charge in [-0.1, -0.05) is 45.9 Å². The van der Waals surface area contributed by atoms with Gasteiger partial charge in [-0.2, -0.15) is 0 Å². The van der Waals surface area contributed by atoms with Crippen LogP contribution in [0, 0.1) is 0 Å². The van der Waals surface area contributed by atoms with Crippen LogP contribution < -0.4 is 11.4 Å². The lowest BCUT2D eigenvalue weighted by Crippen LogP contribution is -2.17. The second-order valence-corrected chi connectivity index (χ2v) is 5.94. The van der Waals surface area contributed by atoms with Gasteiger partial charge in [0.1, 0.15) is 0 Å². The van der Waals surface area contributed by atoms with Crippen molar-refractivity contribution < 1.29 is 0 Å². The Kier molecular flexibility index (Phi) is 4.84. The quantitative estimate of drug-likeness (QED) is 0.816. The Balaban J connectivity index is 2.29. The van der Waals surface area contributed by atoms with E-state index in [4.69, 9.17) is 5.73 Å². The number of nitrogens with one attached hydrogen (secondary N) is 1. The zero-order valence-corrected chi connectivity index (χ0v) is 12.9. The molecule has 1 unspecified atom stereocenters. The maximum absolute atomic E-state index is 11.5. The molecule has 102 valence electrons. The molecule has 0 aliphatic carbocycles. The SMILES string of the molecule is CCn1c(SC(CN)c2ccccc2Br)n[nH]c1=O. The molecule has 1 heterocycles. The fraction of sp³-hybridized carbons (Fsp3) is 0.333. The Bertz CT molecular complexity index is 610. The fourth-order valence-corrected chi connectivity index (χ4v) is 3.61. The predicted octanol–water partition coefficient (Wildman–Crippen LogP) is 2.15. The van der Waals surface area contributed by atoms with Crippen molar-refractivity contribution in [2.75, 3.05) is 6.54 Å². The minimum absolute atomic E-state index is 0.0519. The van der Waals surface area contributed by atoms with Crippen LogP contribution in [0.4, 0.5) is 0 Å². The van der Waals surface area contributed by atoms with Crippen LogP contribution in [0.2, 0.25) is 0 Å². The van der Waals surface area contributed by atoms with Crippen LogP contribution in [0.1, 0.15) is 17.7 Å². The lowest BCUT2D eigenvalue weighted by molar-refractivity contribution is 0.658. The zero-order chi connectivity index (χ0) is 13.8. The van der Waals surface area contributed by atoms with Crippen molar-refractivity contribution in [3.8, 4) is 0 Å². The van der Waals surface area contributed by atoms with Gasteiger partial charge < -0.3 is 5.73 Å². The number of benzene rings is 1. The average molecular weight is 343 g/mol. The fourth-order valence-electron chi connectivity index (χ4n) is 1.77. The molecule has 0 fully saturated rings. The molecule has 1 atom stereocenters. The Morgan fingerprint density at radius 1 is 1.53 bits per heavy atom. The Labute approximate surface area is 123 Å². The molecule has 2 rings (SSSR count). The van der Waals surface area contributed by atoms with E-state index in [1.54, 1.807) is 4.57 Å². The highest BCUT2D eigenvalue weighted by Crippen LogP contribution is 2.36. The Morgan fingerprint density at radius 2 is 2.26 bits per heavy atom. The summed E-state index contributed by atoms with van der Waals surface area (Å²) >= 11 is 5.02. The van der Waals surface area contributed by atoms with Crippen LogP contribution in [0.15, 0.2) is 38.7 Å². The largest absolute Gasteiger partial charge is 0.343 e. The molecule has 5 nitrogen and oxygen atoms in total. The highest BCUT2D eigenvalue weighted by Gasteiger charge is 2.18. The average Bonchev–Trinajstić information content (AvgIpc) is 2.77. The van der Waals surface area contributed by atoms with E-state index >= 15 is 0 Å². The molecular weight excluding hydrogens is 328 g/mol. The number of hydrogen-bond acceptors (Lipinski definition) is 4. The highest BCUT2D eigenvalue weighted by atomic mass is 79.9. The Hall–Kier alpha value is -1.05. The monoisotopic (exact) mass is 342 g/mol. The van der Waals surface area contributed by atoms with Crippen molar-refractivity contribution in [1.29, 1.82) is 0 Å². The summed E-state index contributed by atoms with van der Waals surface area (Å²) in [6, 6.07) is 7.94. The van der Waals surface area contributed by atoms with E-state index in [9.17, 15) is 4.79 Å². The number of rotatable bonds is 5. The molecule has 0 saturated heterocycles. The first-order chi connectivity index (χ1) is 9.17. The van der Waals surface area contributed by atoms with Crippen LogP contribution in [0.3, 0.4) is 0 Å². The molecule has 3 N–H and O–H groups in total. The molecule has 1 aromatic heterocycles. The second-order valence-electron chi connectivity index (χ2n) is 3.92. The summed E-state index contributed by atoms with van der Waals surface area (Å²) in [4.78, 5) is 11.5. The van der Waals surface area contributed by atoms with Crippen LogP contribution in [-0.2, 0) is 6.54 Å². The third-order valence-electron chi connectivity index (χ3n) is 2.75. The maximum Gasteiger partial charge on any atom is 0.343 e. The normalized spacial score (nSPS) is 12.6. The molecule has 0 radical (unpaired) electrons. The van der Waals surface area contributed by atoms with Gasteiger partial charge in [0.05, 0.1) is 5.25 Å². The first kappa shape index (κ1) is 14.4. The lowest BCUT2D eigenvalue weighted by atomic mass is 10.1. The second kappa shape index (κ2) is 6.40. The topological polar surface area (TPSA) is 76.7 Å². The summed E-state index contributed by atoms with van der Waals surface area (Å²) in [5, 5.41) is 7.23. The van der Waals surface area contributed by atoms with Crippen molar-refractivity contribution >= 4 is 27.7 Å². The van der Waals surface area contributed by atoms with E-state index < -0.39 is 0 Å². The number of aromatic amines is 1. The standard InChI is InChI=1S/C12H15BrN4OS/c1-2-17-11(18)15-16-12(17)19-10(7-14)8-5-3-4-6-9(8)13/h3-6,10H,2,7,14H2,1H3,(H,15,18). The van der Waals surface area contributed by atoms with Gasteiger partial charge >= 0.3 is 5.69 Å². The molecule has 0 aliphatic rings. The van der Waals surface area contributed by atoms with Gasteiger partial charge in [-0.3, -0.25) is 4.57 Å². The van der Waals surface area contributed by atoms with Crippen molar-refractivity contribution in [2.45, 2.75) is 23.9 Å². The number of thioether (sulfide) groups is 1. The van der Waals surface area contributed by atoms with Crippen molar-refractivity contribution in [2.24, 2.45) is 5.73 Å². The predicted molar refractivity (Wildman–Crippen MR) is 80.3 cm³/mol. The minimum Gasteiger partial charge on any atom is -0.329 e. The van der Waals surface area contributed by atoms with Gasteiger partial charge in [0, 0.05) is 17.6 Å². The summed E-state index contributed by atoms with van der Waals surface area (Å²) in [6.07, 6.45) is 0. The molecule has 7 heteroatoms. The van der Waals surface area contributed by atoms with Crippen LogP contribution >= 0.6 is 27.7 Å². The van der Waals surface area contributed by atoms with Crippen molar-refractivity contribution in [1.82, 2.24) is 14.8 Å². The first-order valence-corrected chi connectivity index (χ1v) is 7.61. The summed E-state index contributed by atoms with van der Waals surface area (Å²) in [6.45, 7) is 2.97. The van der Waals surface area contributed by atoms with Gasteiger partial charge in [0.15, 0.2) is 5.16 Å². The lowest BCUT2D eigenvalue weighted by Gasteiger charge is -2.15. The molecule has 0 saturated carbocycles. The summed E-state index contributed by atoms with van der Waals surface area (Å²) in [5.41, 5.74) is 6.77. The van der Waals surface area contributed by atoms with Crippen LogP contribution in [-0.4, -0.2) is 21.3 Å². The zero-order valence-electron chi connectivity index (χ0n) is 10.5. The number of hydrogen-bond donors (Lipinski definition) is 2. The molecule has 0 aliphatic heterocycles. The molecule has 19 heavy (non-hydrogen) atoms. The summed E-state index contributed by atoms with van der Waals surface area (Å²) in [7, 11) is 0. The number of aromatic nitrogens is 3. The third-order valence-corrected chi connectivity index (χ3v) is 4.73. The molecule has 2 aromatic rings. The maximum atomic E-state index is 11.5. The van der Waals surface area contributed by atoms with Crippen molar-refractivity contribution in [3.63, 3.8) is 0 Å². The van der Waals surface area contributed by atoms with E-state index in [0.717, 1.165) is 10.0 Å². The first-order valence-electron chi connectivity index (χ1n) is 5.93. The number of nitrogens with two attached hydrogens (primary N) is 1. The van der Waals surface area contributed by atoms with E-state index in [0.29, 0.717) is 18.2 Å². The van der Waals surface area contributed by atoms with Gasteiger partial charge in [0.25, 0.3) is 0 Å². The molecule has 0 bridgehead atoms. The van der Waals surface area contributed by atoms with Crippen molar-refractivity contribution in [3.05, 3.63) is 44.8 Å². The molecular formula is C12H15BrN4OS. The number of H-pyrrole nitrogens is 1. The third kappa shape index (κ3) is 3.10. The molecule has 1 aromatic carbocycles. The van der Waals surface area contributed by atoms with Gasteiger partial charge in [-0.25, -0.2) is 9.89 Å². The van der Waals surface area contributed by atoms with E-state index in [-0.39, 0.29) is 10.9 Å². The van der Waals surface area contributed by atoms with Gasteiger partial charge in [-0.05, 0) is 18.6 Å². The van der Waals surface area contributed by atoms with E-state index in [2.05, 4.69) is 26.1 Å².